The van der Waals surface area contributed by atoms with Crippen molar-refractivity contribution >= 4 is 23.7 Å². The van der Waals surface area contributed by atoms with Gasteiger partial charge < -0.3 is 9.47 Å². The van der Waals surface area contributed by atoms with E-state index in [0.717, 1.165) is 0 Å². The lowest BCUT2D eigenvalue weighted by Crippen LogP contribution is -2.55. The Morgan fingerprint density at radius 2 is 1.71 bits per heavy atom. The van der Waals surface area contributed by atoms with Crippen molar-refractivity contribution in [2.45, 2.75) is 45.2 Å². The van der Waals surface area contributed by atoms with Gasteiger partial charge in [-0.25, -0.2) is 9.59 Å². The van der Waals surface area contributed by atoms with Crippen molar-refractivity contribution in [3.63, 3.8) is 0 Å². The van der Waals surface area contributed by atoms with Gasteiger partial charge in [0.25, 0.3) is 0 Å². The Hall–Kier alpha value is -0.970. The van der Waals surface area contributed by atoms with Gasteiger partial charge in [0.2, 0.25) is 5.00 Å². The summed E-state index contributed by atoms with van der Waals surface area (Å²) in [4.78, 5) is 21.5. The zero-order chi connectivity index (χ0) is 13.9. The fourth-order valence-electron chi connectivity index (χ4n) is 1.03. The second kappa shape index (κ2) is 5.58. The Labute approximate surface area is 107 Å². The third-order valence-corrected chi connectivity index (χ3v) is 2.65. The quantitative estimate of drug-likeness (QED) is 0.483. The Bertz CT molecular complexity index is 298. The average Bonchev–Trinajstić information content (AvgIpc) is 2.12. The fraction of sp³-hybridized carbons (Fsp3) is 0.818. The van der Waals surface area contributed by atoms with E-state index in [4.69, 9.17) is 16.3 Å². The molecule has 1 amide bonds. The molecule has 0 fully saturated rings. The molecule has 0 saturated carbocycles. The lowest BCUT2D eigenvalue weighted by Gasteiger charge is -2.30. The lowest BCUT2D eigenvalue weighted by atomic mass is 10.0. The topological polar surface area (TPSA) is 64.6 Å². The van der Waals surface area contributed by atoms with Crippen LogP contribution < -0.4 is 5.32 Å². The molecule has 0 radical (unpaired) electrons. The number of amides is 1. The van der Waals surface area contributed by atoms with Gasteiger partial charge in [0.05, 0.1) is 7.11 Å². The first-order valence-corrected chi connectivity index (χ1v) is 5.69. The summed E-state index contributed by atoms with van der Waals surface area (Å²) >= 11 is 6.06. The Balaban J connectivity index is 4.79. The first-order valence-electron chi connectivity index (χ1n) is 5.31. The number of methoxy groups -OCH3 is 1. The minimum atomic E-state index is -1.61. The SMILES string of the molecule is COC(=O)C(Cl)(NC(=O)OC(C)(C)C)C(C)C. The summed E-state index contributed by atoms with van der Waals surface area (Å²) in [6, 6.07) is 0. The number of alkyl halides is 1. The van der Waals surface area contributed by atoms with Crippen LogP contribution in [0.15, 0.2) is 0 Å². The molecule has 0 heterocycles. The van der Waals surface area contributed by atoms with Crippen molar-refractivity contribution in [3.05, 3.63) is 0 Å². The molecule has 0 aliphatic carbocycles. The maximum Gasteiger partial charge on any atom is 0.409 e. The molecule has 0 spiro atoms. The first-order chi connectivity index (χ1) is 7.53. The minimum Gasteiger partial charge on any atom is -0.466 e. The van der Waals surface area contributed by atoms with Crippen molar-refractivity contribution in [1.82, 2.24) is 5.32 Å². The maximum absolute atomic E-state index is 11.6. The molecule has 5 nitrogen and oxygen atoms in total. The first kappa shape index (κ1) is 16.0. The van der Waals surface area contributed by atoms with Gasteiger partial charge in [0.15, 0.2) is 0 Å². The van der Waals surface area contributed by atoms with Crippen molar-refractivity contribution in [2.75, 3.05) is 7.11 Å². The van der Waals surface area contributed by atoms with Crippen LogP contribution in [-0.4, -0.2) is 29.8 Å². The molecule has 0 bridgehead atoms. The van der Waals surface area contributed by atoms with Crippen LogP contribution in [0.1, 0.15) is 34.6 Å². The molecule has 0 aliphatic rings. The number of carbonyl (C=O) groups excluding carboxylic acids is 2. The van der Waals surface area contributed by atoms with Crippen molar-refractivity contribution < 1.29 is 19.1 Å². The number of halogens is 1. The Morgan fingerprint density at radius 1 is 1.24 bits per heavy atom. The maximum atomic E-state index is 11.6. The van der Waals surface area contributed by atoms with Crippen LogP contribution in [0.2, 0.25) is 0 Å². The van der Waals surface area contributed by atoms with Gasteiger partial charge in [-0.1, -0.05) is 25.4 Å². The number of nitrogens with one attached hydrogen (secondary N) is 1. The molecule has 0 aromatic heterocycles. The van der Waals surface area contributed by atoms with Gasteiger partial charge >= 0.3 is 12.1 Å². The van der Waals surface area contributed by atoms with Gasteiger partial charge in [-0.3, -0.25) is 5.32 Å². The zero-order valence-electron chi connectivity index (χ0n) is 11.1. The molecular formula is C11H20ClNO4. The summed E-state index contributed by atoms with van der Waals surface area (Å²) in [6.07, 6.45) is -0.758. The smallest absolute Gasteiger partial charge is 0.409 e. The van der Waals surface area contributed by atoms with Gasteiger partial charge in [0.1, 0.15) is 5.60 Å². The number of hydrogen-bond acceptors (Lipinski definition) is 4. The molecule has 0 aliphatic heterocycles. The Kier molecular flexibility index (Phi) is 5.26. The summed E-state index contributed by atoms with van der Waals surface area (Å²) in [5, 5.41) is 2.33. The van der Waals surface area contributed by atoms with Crippen LogP contribution in [0.5, 0.6) is 0 Å². The van der Waals surface area contributed by atoms with Crippen LogP contribution in [0.4, 0.5) is 4.79 Å². The molecule has 6 heteroatoms. The van der Waals surface area contributed by atoms with Crippen molar-refractivity contribution in [1.29, 1.82) is 0 Å². The monoisotopic (exact) mass is 265 g/mol. The van der Waals surface area contributed by atoms with E-state index in [1.54, 1.807) is 34.6 Å². The predicted molar refractivity (Wildman–Crippen MR) is 64.8 cm³/mol. The van der Waals surface area contributed by atoms with Gasteiger partial charge in [-0.2, -0.15) is 0 Å². The van der Waals surface area contributed by atoms with Crippen LogP contribution in [0.25, 0.3) is 0 Å². The van der Waals surface area contributed by atoms with Gasteiger partial charge in [-0.15, -0.1) is 0 Å². The average molecular weight is 266 g/mol. The second-order valence-corrected chi connectivity index (χ2v) is 5.58. The Morgan fingerprint density at radius 3 is 2.00 bits per heavy atom. The summed E-state index contributed by atoms with van der Waals surface area (Å²) in [5.74, 6) is -1.07. The number of rotatable bonds is 3. The molecule has 0 aromatic carbocycles. The highest BCUT2D eigenvalue weighted by Crippen LogP contribution is 2.24. The molecule has 17 heavy (non-hydrogen) atoms. The highest BCUT2D eigenvalue weighted by Gasteiger charge is 2.43. The molecule has 1 unspecified atom stereocenters. The zero-order valence-corrected chi connectivity index (χ0v) is 11.8. The summed E-state index contributed by atoms with van der Waals surface area (Å²) < 4.78 is 9.60. The number of hydrogen-bond donors (Lipinski definition) is 1. The summed E-state index contributed by atoms with van der Waals surface area (Å²) in [6.45, 7) is 8.55. The van der Waals surface area contributed by atoms with E-state index in [-0.39, 0.29) is 5.92 Å². The van der Waals surface area contributed by atoms with Crippen molar-refractivity contribution in [3.8, 4) is 0 Å². The van der Waals surface area contributed by atoms with Crippen molar-refractivity contribution in [2.24, 2.45) is 5.92 Å². The molecular weight excluding hydrogens is 246 g/mol. The van der Waals surface area contributed by atoms with E-state index in [2.05, 4.69) is 10.1 Å². The number of ether oxygens (including phenoxy) is 2. The van der Waals surface area contributed by atoms with Gasteiger partial charge in [-0.05, 0) is 20.8 Å². The number of alkyl carbamates (subject to hydrolysis) is 1. The highest BCUT2D eigenvalue weighted by atomic mass is 35.5. The minimum absolute atomic E-state index is 0.343. The lowest BCUT2D eigenvalue weighted by molar-refractivity contribution is -0.146. The van der Waals surface area contributed by atoms with Gasteiger partial charge in [0, 0.05) is 5.92 Å². The van der Waals surface area contributed by atoms with Crippen LogP contribution in [0.3, 0.4) is 0 Å². The number of carbonyl (C=O) groups is 2. The van der Waals surface area contributed by atoms with E-state index >= 15 is 0 Å². The summed E-state index contributed by atoms with van der Waals surface area (Å²) in [7, 11) is 1.21. The third-order valence-electron chi connectivity index (χ3n) is 1.96. The predicted octanol–water partition coefficient (Wildman–Crippen LogP) is 2.28. The van der Waals surface area contributed by atoms with E-state index in [1.165, 1.54) is 7.11 Å². The normalized spacial score (nSPS) is 15.1. The molecule has 0 aromatic rings. The standard InChI is InChI=1S/C11H20ClNO4/c1-7(2)11(12,8(14)16-6)13-9(15)17-10(3,4)5/h7H,1-6H3,(H,13,15). The molecule has 0 rings (SSSR count). The molecule has 100 valence electrons. The molecule has 1 atom stereocenters. The van der Waals surface area contributed by atoms with Crippen LogP contribution in [0, 0.1) is 5.92 Å². The van der Waals surface area contributed by atoms with Crippen LogP contribution in [-0.2, 0) is 14.3 Å². The van der Waals surface area contributed by atoms with E-state index in [1.807, 2.05) is 0 Å². The molecule has 1 N–H and O–H groups in total. The van der Waals surface area contributed by atoms with Crippen LogP contribution >= 0.6 is 11.6 Å². The highest BCUT2D eigenvalue weighted by molar-refractivity contribution is 6.34. The molecule has 0 saturated heterocycles. The second-order valence-electron chi connectivity index (χ2n) is 4.98. The van der Waals surface area contributed by atoms with E-state index < -0.39 is 22.7 Å². The number of esters is 1. The van der Waals surface area contributed by atoms with E-state index in [0.29, 0.717) is 0 Å². The summed E-state index contributed by atoms with van der Waals surface area (Å²) in [5.41, 5.74) is -0.658. The largest absolute Gasteiger partial charge is 0.466 e. The third kappa shape index (κ3) is 4.81. The van der Waals surface area contributed by atoms with E-state index in [9.17, 15) is 9.59 Å². The fourth-order valence-corrected chi connectivity index (χ4v) is 1.19.